The van der Waals surface area contributed by atoms with Crippen LogP contribution in [0.2, 0.25) is 0 Å². The predicted octanol–water partition coefficient (Wildman–Crippen LogP) is 4.21. The number of rotatable bonds is 8. The molecule has 0 bridgehead atoms. The van der Waals surface area contributed by atoms with Gasteiger partial charge in [-0.3, -0.25) is 14.8 Å². The van der Waals surface area contributed by atoms with Crippen LogP contribution in [0, 0.1) is 5.82 Å². The summed E-state index contributed by atoms with van der Waals surface area (Å²) in [5, 5.41) is 11.3. The van der Waals surface area contributed by atoms with Crippen LogP contribution < -0.4 is 15.5 Å². The normalized spacial score (nSPS) is 11.3. The Balaban J connectivity index is 1.78. The minimum absolute atomic E-state index is 0.202. The molecule has 7 heteroatoms. The maximum absolute atomic E-state index is 14.5. The Morgan fingerprint density at radius 2 is 1.64 bits per heavy atom. The van der Waals surface area contributed by atoms with Gasteiger partial charge >= 0.3 is 0 Å². The van der Waals surface area contributed by atoms with Gasteiger partial charge in [-0.15, -0.1) is 0 Å². The van der Waals surface area contributed by atoms with Crippen molar-refractivity contribution in [1.29, 1.82) is 0 Å². The maximum Gasteiger partial charge on any atom is 0.267 e. The first-order valence-electron chi connectivity index (χ1n) is 10.1. The van der Waals surface area contributed by atoms with Gasteiger partial charge in [0.2, 0.25) is 0 Å². The highest BCUT2D eigenvalue weighted by Crippen LogP contribution is 2.23. The van der Waals surface area contributed by atoms with E-state index in [2.05, 4.69) is 5.32 Å². The van der Waals surface area contributed by atoms with Crippen molar-refractivity contribution in [3.8, 4) is 5.75 Å². The first kappa shape index (κ1) is 23.4. The highest BCUT2D eigenvalue weighted by atomic mass is 19.1. The van der Waals surface area contributed by atoms with Crippen LogP contribution in [0.5, 0.6) is 5.75 Å². The largest absolute Gasteiger partial charge is 0.497 e. The Morgan fingerprint density at radius 3 is 2.27 bits per heavy atom. The van der Waals surface area contributed by atoms with Crippen LogP contribution in [-0.4, -0.2) is 24.1 Å². The first-order valence-corrected chi connectivity index (χ1v) is 10.1. The average molecular weight is 446 g/mol. The zero-order chi connectivity index (χ0) is 23.6. The number of halogens is 1. The molecule has 0 aliphatic carbocycles. The molecule has 0 aromatic heterocycles. The molecule has 0 fully saturated rings. The average Bonchev–Trinajstić information content (AvgIpc) is 2.86. The van der Waals surface area contributed by atoms with E-state index in [1.807, 2.05) is 0 Å². The summed E-state index contributed by atoms with van der Waals surface area (Å²) in [5.41, 5.74) is 4.23. The molecule has 168 valence electrons. The van der Waals surface area contributed by atoms with Crippen molar-refractivity contribution in [2.45, 2.75) is 6.54 Å². The van der Waals surface area contributed by atoms with Gasteiger partial charge in [-0.25, -0.2) is 9.87 Å². The first-order chi connectivity index (χ1) is 16.0. The van der Waals surface area contributed by atoms with Gasteiger partial charge in [0.25, 0.3) is 11.8 Å². The van der Waals surface area contributed by atoms with E-state index in [0.717, 1.165) is 16.7 Å². The van der Waals surface area contributed by atoms with Gasteiger partial charge in [0.1, 0.15) is 11.6 Å². The lowest BCUT2D eigenvalue weighted by Crippen LogP contribution is -2.24. The maximum atomic E-state index is 14.5. The van der Waals surface area contributed by atoms with Gasteiger partial charge in [0.05, 0.1) is 12.7 Å². The van der Waals surface area contributed by atoms with Crippen molar-refractivity contribution in [3.05, 3.63) is 107 Å². The molecule has 2 amide bonds. The molecule has 0 atom stereocenters. The number of hydroxylamine groups is 1. The standard InChI is InChI=1S/C26H23FN2O4/c1-33-21-13-10-19(11-14-21)16-23(22-4-2-3-5-24(22)27)26(31)28-17-20-8-6-18(7-9-20)12-15-25(30)29-32/h2-16,32H,17H2,1H3,(H,28,31)(H,29,30)/b15-12+,23-16-. The van der Waals surface area contributed by atoms with Crippen molar-refractivity contribution < 1.29 is 23.9 Å². The number of nitrogens with one attached hydrogen (secondary N) is 2. The minimum Gasteiger partial charge on any atom is -0.497 e. The molecule has 3 aromatic carbocycles. The summed E-state index contributed by atoms with van der Waals surface area (Å²) in [6.45, 7) is 0.231. The fourth-order valence-corrected chi connectivity index (χ4v) is 3.05. The van der Waals surface area contributed by atoms with Crippen LogP contribution in [0.15, 0.2) is 78.9 Å². The molecule has 0 radical (unpaired) electrons. The third kappa shape index (κ3) is 6.62. The number of methoxy groups -OCH3 is 1. The Hall–Kier alpha value is -4.23. The molecule has 0 heterocycles. The van der Waals surface area contributed by atoms with Crippen LogP contribution in [0.1, 0.15) is 22.3 Å². The zero-order valence-electron chi connectivity index (χ0n) is 17.9. The van der Waals surface area contributed by atoms with E-state index in [1.54, 1.807) is 86.0 Å². The van der Waals surface area contributed by atoms with Crippen molar-refractivity contribution in [3.63, 3.8) is 0 Å². The molecule has 33 heavy (non-hydrogen) atoms. The summed E-state index contributed by atoms with van der Waals surface area (Å²) in [5.74, 6) is -0.857. The topological polar surface area (TPSA) is 87.7 Å². The Bertz CT molecular complexity index is 1170. The monoisotopic (exact) mass is 446 g/mol. The number of carbonyl (C=O) groups is 2. The minimum atomic E-state index is -0.629. The van der Waals surface area contributed by atoms with Crippen molar-refractivity contribution in [1.82, 2.24) is 10.8 Å². The number of hydrogen-bond donors (Lipinski definition) is 3. The molecule has 0 saturated heterocycles. The second-order valence-corrected chi connectivity index (χ2v) is 7.04. The molecule has 0 unspecified atom stereocenters. The molecule has 0 aliphatic heterocycles. The third-order valence-electron chi connectivity index (χ3n) is 4.81. The van der Waals surface area contributed by atoms with Gasteiger partial charge in [0, 0.05) is 18.2 Å². The summed E-state index contributed by atoms with van der Waals surface area (Å²) in [7, 11) is 1.57. The van der Waals surface area contributed by atoms with Gasteiger partial charge in [-0.05, 0) is 47.0 Å². The SMILES string of the molecule is COc1ccc(/C=C(\C(=O)NCc2ccc(/C=C/C(=O)NO)cc2)c2ccccc2F)cc1. The third-order valence-corrected chi connectivity index (χ3v) is 4.81. The summed E-state index contributed by atoms with van der Waals surface area (Å²) >= 11 is 0. The summed E-state index contributed by atoms with van der Waals surface area (Å²) in [6.07, 6.45) is 4.37. The highest BCUT2D eigenvalue weighted by Gasteiger charge is 2.16. The van der Waals surface area contributed by atoms with E-state index in [0.29, 0.717) is 5.75 Å². The van der Waals surface area contributed by atoms with Gasteiger partial charge in [-0.1, -0.05) is 54.6 Å². The van der Waals surface area contributed by atoms with E-state index in [9.17, 15) is 14.0 Å². The lowest BCUT2D eigenvalue weighted by Gasteiger charge is -2.11. The predicted molar refractivity (Wildman–Crippen MR) is 125 cm³/mol. The quantitative estimate of drug-likeness (QED) is 0.209. The second-order valence-electron chi connectivity index (χ2n) is 7.04. The van der Waals surface area contributed by atoms with E-state index >= 15 is 0 Å². The number of ether oxygens (including phenoxy) is 1. The molecule has 3 rings (SSSR count). The Morgan fingerprint density at radius 1 is 0.970 bits per heavy atom. The van der Waals surface area contributed by atoms with Gasteiger partial charge < -0.3 is 10.1 Å². The van der Waals surface area contributed by atoms with Crippen molar-refractivity contribution >= 4 is 29.5 Å². The van der Waals surface area contributed by atoms with Crippen LogP contribution in [0.25, 0.3) is 17.7 Å². The van der Waals surface area contributed by atoms with E-state index in [4.69, 9.17) is 9.94 Å². The molecule has 6 nitrogen and oxygen atoms in total. The van der Waals surface area contributed by atoms with Crippen molar-refractivity contribution in [2.75, 3.05) is 7.11 Å². The zero-order valence-corrected chi connectivity index (χ0v) is 17.9. The fraction of sp³-hybridized carbons (Fsp3) is 0.0769. The van der Waals surface area contributed by atoms with Crippen LogP contribution in [0.3, 0.4) is 0 Å². The smallest absolute Gasteiger partial charge is 0.267 e. The van der Waals surface area contributed by atoms with Crippen molar-refractivity contribution in [2.24, 2.45) is 0 Å². The molecule has 0 spiro atoms. The van der Waals surface area contributed by atoms with Gasteiger partial charge in [0.15, 0.2) is 0 Å². The molecule has 3 N–H and O–H groups in total. The summed E-state index contributed by atoms with van der Waals surface area (Å²) in [4.78, 5) is 24.1. The Labute approximate surface area is 191 Å². The summed E-state index contributed by atoms with van der Waals surface area (Å²) in [6, 6.07) is 20.4. The number of carbonyl (C=O) groups excluding carboxylic acids is 2. The lowest BCUT2D eigenvalue weighted by molar-refractivity contribution is -0.124. The molecule has 0 saturated carbocycles. The van der Waals surface area contributed by atoms with Crippen LogP contribution in [0.4, 0.5) is 4.39 Å². The molecule has 3 aromatic rings. The van der Waals surface area contributed by atoms with E-state index < -0.39 is 17.6 Å². The molecular formula is C26H23FN2O4. The van der Waals surface area contributed by atoms with E-state index in [1.165, 1.54) is 17.6 Å². The van der Waals surface area contributed by atoms with Crippen LogP contribution in [-0.2, 0) is 16.1 Å². The van der Waals surface area contributed by atoms with Crippen LogP contribution >= 0.6 is 0 Å². The molecule has 0 aliphatic rings. The lowest BCUT2D eigenvalue weighted by atomic mass is 10.0. The Kier molecular flexibility index (Phi) is 8.10. The summed E-state index contributed by atoms with van der Waals surface area (Å²) < 4.78 is 19.7. The fourth-order valence-electron chi connectivity index (χ4n) is 3.05. The highest BCUT2D eigenvalue weighted by molar-refractivity contribution is 6.24. The second kappa shape index (κ2) is 11.4. The molecular weight excluding hydrogens is 423 g/mol. The number of amides is 2. The number of hydrogen-bond acceptors (Lipinski definition) is 4. The number of benzene rings is 3. The van der Waals surface area contributed by atoms with E-state index in [-0.39, 0.29) is 17.7 Å². The van der Waals surface area contributed by atoms with Gasteiger partial charge in [-0.2, -0.15) is 0 Å².